The molecule has 0 amide bonds. The van der Waals surface area contributed by atoms with E-state index in [1.165, 1.54) is 6.92 Å². The zero-order valence-corrected chi connectivity index (χ0v) is 15.6. The molecule has 1 aliphatic rings. The summed E-state index contributed by atoms with van der Waals surface area (Å²) in [6.07, 6.45) is 1.91. The van der Waals surface area contributed by atoms with E-state index in [1.54, 1.807) is 13.8 Å². The molecule has 0 aromatic carbocycles. The minimum Gasteiger partial charge on any atom is -0.466 e. The predicted octanol–water partition coefficient (Wildman–Crippen LogP) is 1.17. The number of Topliss-reactive ketones (excluding diaryl/α,β-unsaturated/α-hetero) is 1. The average molecular weight is 372 g/mol. The molecule has 0 bridgehead atoms. The highest BCUT2D eigenvalue weighted by Crippen LogP contribution is 2.34. The minimum absolute atomic E-state index is 0.0262. The number of aliphatic hydroxyl groups is 1. The Hall–Kier alpha value is -1.96. The first-order valence-corrected chi connectivity index (χ1v) is 9.07. The van der Waals surface area contributed by atoms with E-state index in [1.807, 2.05) is 0 Å². The van der Waals surface area contributed by atoms with E-state index in [2.05, 4.69) is 0 Å². The Kier molecular flexibility index (Phi) is 8.71. The normalized spacial score (nSPS) is 17.8. The number of ether oxygens (including phenoxy) is 3. The first-order chi connectivity index (χ1) is 12.3. The Morgan fingerprint density at radius 3 is 2.00 bits per heavy atom. The average Bonchev–Trinajstić information content (AvgIpc) is 3.10. The summed E-state index contributed by atoms with van der Waals surface area (Å²) in [4.78, 5) is 49.8. The Morgan fingerprint density at radius 1 is 0.962 bits per heavy atom. The maximum atomic E-state index is 12.9. The second kappa shape index (κ2) is 10.3. The van der Waals surface area contributed by atoms with Crippen LogP contribution in [0.25, 0.3) is 0 Å². The summed E-state index contributed by atoms with van der Waals surface area (Å²) in [5.41, 5.74) is -2.66. The molecule has 0 heterocycles. The fraction of sp³-hybridized carbons (Fsp3) is 0.778. The van der Waals surface area contributed by atoms with Crippen LogP contribution in [0.15, 0.2) is 0 Å². The molecule has 0 spiro atoms. The number of hydrogen-bond acceptors (Lipinski definition) is 8. The number of hydrogen-bond donors (Lipinski definition) is 1. The van der Waals surface area contributed by atoms with Crippen LogP contribution in [0.1, 0.15) is 52.9 Å². The molecule has 0 aromatic heterocycles. The maximum absolute atomic E-state index is 12.9. The lowest BCUT2D eigenvalue weighted by Gasteiger charge is -2.32. The molecular formula is C18H28O8. The molecule has 1 rings (SSSR count). The monoisotopic (exact) mass is 372 g/mol. The summed E-state index contributed by atoms with van der Waals surface area (Å²) in [5, 5.41) is 11.0. The second-order valence-corrected chi connectivity index (χ2v) is 6.20. The van der Waals surface area contributed by atoms with Gasteiger partial charge in [-0.25, -0.2) is 4.79 Å². The van der Waals surface area contributed by atoms with Crippen molar-refractivity contribution in [3.63, 3.8) is 0 Å². The highest BCUT2D eigenvalue weighted by Gasteiger charge is 2.56. The Labute approximate surface area is 153 Å². The van der Waals surface area contributed by atoms with Crippen LogP contribution in [0.3, 0.4) is 0 Å². The fourth-order valence-electron chi connectivity index (χ4n) is 3.20. The topological polar surface area (TPSA) is 116 Å². The van der Waals surface area contributed by atoms with E-state index in [0.29, 0.717) is 12.8 Å². The zero-order valence-electron chi connectivity index (χ0n) is 15.6. The van der Waals surface area contributed by atoms with Gasteiger partial charge < -0.3 is 19.3 Å². The summed E-state index contributed by atoms with van der Waals surface area (Å²) >= 11 is 0. The molecule has 2 atom stereocenters. The van der Waals surface area contributed by atoms with Crippen LogP contribution in [0.4, 0.5) is 0 Å². The Bertz CT molecular complexity index is 523. The number of esters is 3. The lowest BCUT2D eigenvalue weighted by atomic mass is 9.77. The second-order valence-electron chi connectivity index (χ2n) is 6.20. The molecule has 0 aromatic rings. The summed E-state index contributed by atoms with van der Waals surface area (Å²) in [6, 6.07) is 0. The standard InChI is InChI=1S/C18H28O8/c1-4-24-13(19)11-18(23,17(22)26-6-3)14(16(21)25-5-2)15(20)12-9-7-8-10-12/h12,14,23H,4-11H2,1-3H3. The molecule has 2 unspecified atom stereocenters. The van der Waals surface area contributed by atoms with E-state index in [0.717, 1.165) is 12.8 Å². The van der Waals surface area contributed by atoms with Gasteiger partial charge in [-0.3, -0.25) is 14.4 Å². The van der Waals surface area contributed by atoms with Gasteiger partial charge in [-0.1, -0.05) is 12.8 Å². The van der Waals surface area contributed by atoms with Gasteiger partial charge in [0.2, 0.25) is 0 Å². The number of rotatable bonds is 10. The summed E-state index contributed by atoms with van der Waals surface area (Å²) in [5.74, 6) is -6.04. The lowest BCUT2D eigenvalue weighted by Crippen LogP contribution is -2.56. The SMILES string of the molecule is CCOC(=O)CC(O)(C(=O)OCC)C(C(=O)OCC)C(=O)C1CCCC1. The highest BCUT2D eigenvalue weighted by molar-refractivity contribution is 6.07. The summed E-state index contributed by atoms with van der Waals surface area (Å²) in [6.45, 7) is 4.53. The molecule has 0 aliphatic heterocycles. The molecule has 8 heteroatoms. The van der Waals surface area contributed by atoms with E-state index < -0.39 is 47.5 Å². The molecule has 1 aliphatic carbocycles. The van der Waals surface area contributed by atoms with Crippen LogP contribution in [-0.2, 0) is 33.4 Å². The highest BCUT2D eigenvalue weighted by atomic mass is 16.6. The van der Waals surface area contributed by atoms with E-state index >= 15 is 0 Å². The summed E-state index contributed by atoms with van der Waals surface area (Å²) < 4.78 is 14.6. The predicted molar refractivity (Wildman–Crippen MR) is 89.9 cm³/mol. The van der Waals surface area contributed by atoms with Crippen LogP contribution >= 0.6 is 0 Å². The van der Waals surface area contributed by atoms with Crippen LogP contribution in [0, 0.1) is 11.8 Å². The molecule has 1 saturated carbocycles. The van der Waals surface area contributed by atoms with Gasteiger partial charge in [0.1, 0.15) is 0 Å². The van der Waals surface area contributed by atoms with Crippen LogP contribution in [-0.4, -0.2) is 54.2 Å². The van der Waals surface area contributed by atoms with Gasteiger partial charge in [-0.2, -0.15) is 0 Å². The first kappa shape index (κ1) is 22.1. The van der Waals surface area contributed by atoms with E-state index in [-0.39, 0.29) is 19.8 Å². The van der Waals surface area contributed by atoms with Crippen molar-refractivity contribution in [3.05, 3.63) is 0 Å². The molecule has 0 saturated heterocycles. The van der Waals surface area contributed by atoms with Gasteiger partial charge in [0.25, 0.3) is 0 Å². The van der Waals surface area contributed by atoms with E-state index in [9.17, 15) is 24.3 Å². The minimum atomic E-state index is -2.66. The zero-order chi connectivity index (χ0) is 19.7. The lowest BCUT2D eigenvalue weighted by molar-refractivity contribution is -0.188. The van der Waals surface area contributed by atoms with Gasteiger partial charge in [-0.15, -0.1) is 0 Å². The van der Waals surface area contributed by atoms with Crippen LogP contribution < -0.4 is 0 Å². The third kappa shape index (κ3) is 5.27. The first-order valence-electron chi connectivity index (χ1n) is 9.07. The van der Waals surface area contributed by atoms with Crippen molar-refractivity contribution in [1.82, 2.24) is 0 Å². The molecule has 1 N–H and O–H groups in total. The maximum Gasteiger partial charge on any atom is 0.340 e. The number of carbonyl (C=O) groups excluding carboxylic acids is 4. The number of ketones is 1. The molecule has 8 nitrogen and oxygen atoms in total. The van der Waals surface area contributed by atoms with E-state index in [4.69, 9.17) is 14.2 Å². The van der Waals surface area contributed by atoms with Gasteiger partial charge in [0.15, 0.2) is 17.3 Å². The van der Waals surface area contributed by atoms with Crippen molar-refractivity contribution >= 4 is 23.7 Å². The molecule has 148 valence electrons. The molecule has 1 fully saturated rings. The van der Waals surface area contributed by atoms with Crippen molar-refractivity contribution in [2.24, 2.45) is 11.8 Å². The third-order valence-corrected chi connectivity index (χ3v) is 4.39. The quantitative estimate of drug-likeness (QED) is 0.345. The largest absolute Gasteiger partial charge is 0.466 e. The van der Waals surface area contributed by atoms with Gasteiger partial charge in [-0.05, 0) is 33.6 Å². The Balaban J connectivity index is 3.28. The van der Waals surface area contributed by atoms with Crippen molar-refractivity contribution in [1.29, 1.82) is 0 Å². The Morgan fingerprint density at radius 2 is 1.50 bits per heavy atom. The van der Waals surface area contributed by atoms with Crippen LogP contribution in [0.2, 0.25) is 0 Å². The van der Waals surface area contributed by atoms with Crippen molar-refractivity contribution < 1.29 is 38.5 Å². The number of carbonyl (C=O) groups is 4. The van der Waals surface area contributed by atoms with Gasteiger partial charge in [0.05, 0.1) is 26.2 Å². The van der Waals surface area contributed by atoms with Gasteiger partial charge in [0, 0.05) is 5.92 Å². The summed E-state index contributed by atoms with van der Waals surface area (Å²) in [7, 11) is 0. The van der Waals surface area contributed by atoms with Crippen LogP contribution in [0.5, 0.6) is 0 Å². The smallest absolute Gasteiger partial charge is 0.340 e. The van der Waals surface area contributed by atoms with Crippen molar-refractivity contribution in [2.75, 3.05) is 19.8 Å². The van der Waals surface area contributed by atoms with Crippen molar-refractivity contribution in [3.8, 4) is 0 Å². The molecule has 0 radical (unpaired) electrons. The molecular weight excluding hydrogens is 344 g/mol. The fourth-order valence-corrected chi connectivity index (χ4v) is 3.20. The molecule has 26 heavy (non-hydrogen) atoms. The van der Waals surface area contributed by atoms with Gasteiger partial charge >= 0.3 is 17.9 Å². The third-order valence-electron chi connectivity index (χ3n) is 4.39. The van der Waals surface area contributed by atoms with Crippen molar-refractivity contribution in [2.45, 2.75) is 58.5 Å².